The van der Waals surface area contributed by atoms with Crippen LogP contribution < -0.4 is 5.73 Å². The van der Waals surface area contributed by atoms with Gasteiger partial charge in [-0.2, -0.15) is 0 Å². The number of carbonyl (C=O) groups excluding carboxylic acids is 2. The molecule has 5 nitrogen and oxygen atoms in total. The molecule has 2 N–H and O–H groups in total. The SMILES string of the molecule is CCOC(=O)C1CCCN(C(=O)C(C)(C)N)C1. The summed E-state index contributed by atoms with van der Waals surface area (Å²) in [5.41, 5.74) is 4.90. The van der Waals surface area contributed by atoms with Gasteiger partial charge in [0.2, 0.25) is 5.91 Å². The Labute approximate surface area is 102 Å². The van der Waals surface area contributed by atoms with Crippen LogP contribution in [-0.2, 0) is 14.3 Å². The van der Waals surface area contributed by atoms with E-state index in [1.165, 1.54) is 0 Å². The fourth-order valence-corrected chi connectivity index (χ4v) is 2.02. The van der Waals surface area contributed by atoms with Gasteiger partial charge in [-0.25, -0.2) is 0 Å². The predicted octanol–water partition coefficient (Wildman–Crippen LogP) is 0.525. The highest BCUT2D eigenvalue weighted by atomic mass is 16.5. The molecule has 1 heterocycles. The molecule has 1 unspecified atom stereocenters. The number of amides is 1. The van der Waals surface area contributed by atoms with Crippen LogP contribution in [0.25, 0.3) is 0 Å². The van der Waals surface area contributed by atoms with E-state index in [0.717, 1.165) is 12.8 Å². The van der Waals surface area contributed by atoms with E-state index < -0.39 is 5.54 Å². The first-order valence-electron chi connectivity index (χ1n) is 6.11. The van der Waals surface area contributed by atoms with E-state index in [9.17, 15) is 9.59 Å². The van der Waals surface area contributed by atoms with E-state index in [1.54, 1.807) is 25.7 Å². The van der Waals surface area contributed by atoms with Crippen molar-refractivity contribution in [1.82, 2.24) is 4.90 Å². The van der Waals surface area contributed by atoms with E-state index >= 15 is 0 Å². The average Bonchev–Trinajstić information content (AvgIpc) is 2.27. The molecule has 1 amide bonds. The molecular weight excluding hydrogens is 220 g/mol. The number of rotatable bonds is 3. The molecule has 0 bridgehead atoms. The quantitative estimate of drug-likeness (QED) is 0.732. The van der Waals surface area contributed by atoms with Crippen LogP contribution in [0, 0.1) is 5.92 Å². The minimum atomic E-state index is -0.878. The maximum atomic E-state index is 12.0. The van der Waals surface area contributed by atoms with Gasteiger partial charge >= 0.3 is 5.97 Å². The van der Waals surface area contributed by atoms with Gasteiger partial charge in [-0.15, -0.1) is 0 Å². The lowest BCUT2D eigenvalue weighted by atomic mass is 9.95. The number of piperidine rings is 1. The first kappa shape index (κ1) is 14.0. The maximum absolute atomic E-state index is 12.0. The highest BCUT2D eigenvalue weighted by Gasteiger charge is 2.34. The highest BCUT2D eigenvalue weighted by Crippen LogP contribution is 2.20. The summed E-state index contributed by atoms with van der Waals surface area (Å²) in [6, 6.07) is 0. The van der Waals surface area contributed by atoms with Crippen molar-refractivity contribution in [1.29, 1.82) is 0 Å². The monoisotopic (exact) mass is 242 g/mol. The third-order valence-electron chi connectivity index (χ3n) is 2.88. The lowest BCUT2D eigenvalue weighted by molar-refractivity contribution is -0.152. The van der Waals surface area contributed by atoms with Crippen molar-refractivity contribution in [2.75, 3.05) is 19.7 Å². The van der Waals surface area contributed by atoms with Crippen LogP contribution in [0.1, 0.15) is 33.6 Å². The van der Waals surface area contributed by atoms with Crippen LogP contribution in [-0.4, -0.2) is 42.0 Å². The standard InChI is InChI=1S/C12H22N2O3/c1-4-17-10(15)9-6-5-7-14(8-9)11(16)12(2,3)13/h9H,4-8,13H2,1-3H3. The summed E-state index contributed by atoms with van der Waals surface area (Å²) >= 11 is 0. The second kappa shape index (κ2) is 5.49. The van der Waals surface area contributed by atoms with Gasteiger partial charge in [0.1, 0.15) is 0 Å². The van der Waals surface area contributed by atoms with Crippen molar-refractivity contribution in [3.05, 3.63) is 0 Å². The Balaban J connectivity index is 2.61. The van der Waals surface area contributed by atoms with Gasteiger partial charge in [0.05, 0.1) is 18.1 Å². The van der Waals surface area contributed by atoms with E-state index in [1.807, 2.05) is 0 Å². The summed E-state index contributed by atoms with van der Waals surface area (Å²) in [7, 11) is 0. The second-order valence-electron chi connectivity index (χ2n) is 5.06. The molecule has 1 fully saturated rings. The van der Waals surface area contributed by atoms with Crippen LogP contribution in [0.5, 0.6) is 0 Å². The zero-order chi connectivity index (χ0) is 13.1. The van der Waals surface area contributed by atoms with E-state index in [4.69, 9.17) is 10.5 Å². The first-order chi connectivity index (χ1) is 7.86. The first-order valence-corrected chi connectivity index (χ1v) is 6.11. The van der Waals surface area contributed by atoms with Gasteiger partial charge in [-0.1, -0.05) is 0 Å². The third kappa shape index (κ3) is 3.70. The number of ether oxygens (including phenoxy) is 1. The van der Waals surface area contributed by atoms with Crippen molar-refractivity contribution in [2.45, 2.75) is 39.2 Å². The van der Waals surface area contributed by atoms with E-state index in [0.29, 0.717) is 19.7 Å². The third-order valence-corrected chi connectivity index (χ3v) is 2.88. The Morgan fingerprint density at radius 2 is 2.12 bits per heavy atom. The number of nitrogens with two attached hydrogens (primary N) is 1. The van der Waals surface area contributed by atoms with Crippen LogP contribution in [0.4, 0.5) is 0 Å². The zero-order valence-electron chi connectivity index (χ0n) is 10.9. The van der Waals surface area contributed by atoms with Gasteiger partial charge in [0.25, 0.3) is 0 Å². The van der Waals surface area contributed by atoms with Crippen molar-refractivity contribution in [2.24, 2.45) is 11.7 Å². The molecule has 5 heteroatoms. The molecule has 0 aromatic rings. The number of likely N-dealkylation sites (tertiary alicyclic amines) is 1. The van der Waals surface area contributed by atoms with Gasteiger partial charge in [0, 0.05) is 13.1 Å². The number of carbonyl (C=O) groups is 2. The summed E-state index contributed by atoms with van der Waals surface area (Å²) in [5, 5.41) is 0. The lowest BCUT2D eigenvalue weighted by Crippen LogP contribution is -2.54. The predicted molar refractivity (Wildman–Crippen MR) is 64.2 cm³/mol. The van der Waals surface area contributed by atoms with Crippen LogP contribution in [0.3, 0.4) is 0 Å². The Bertz CT molecular complexity index is 297. The topological polar surface area (TPSA) is 72.6 Å². The Hall–Kier alpha value is -1.10. The Kier molecular flexibility index (Phi) is 4.51. The Morgan fingerprint density at radius 3 is 2.65 bits per heavy atom. The molecule has 1 aliphatic rings. The summed E-state index contributed by atoms with van der Waals surface area (Å²) in [6.45, 7) is 6.64. The van der Waals surface area contributed by atoms with E-state index in [-0.39, 0.29) is 17.8 Å². The molecular formula is C12H22N2O3. The number of esters is 1. The van der Waals surface area contributed by atoms with Gasteiger partial charge in [0.15, 0.2) is 0 Å². The van der Waals surface area contributed by atoms with Crippen molar-refractivity contribution in [3.8, 4) is 0 Å². The summed E-state index contributed by atoms with van der Waals surface area (Å²) < 4.78 is 4.99. The molecule has 1 rings (SSSR count). The number of nitrogens with zero attached hydrogens (tertiary/aromatic N) is 1. The summed E-state index contributed by atoms with van der Waals surface area (Å²) in [5.74, 6) is -0.513. The van der Waals surface area contributed by atoms with Gasteiger partial charge in [-0.3, -0.25) is 9.59 Å². The number of hydrogen-bond donors (Lipinski definition) is 1. The van der Waals surface area contributed by atoms with Crippen molar-refractivity contribution in [3.63, 3.8) is 0 Å². The van der Waals surface area contributed by atoms with Crippen LogP contribution >= 0.6 is 0 Å². The molecule has 1 aliphatic heterocycles. The second-order valence-corrected chi connectivity index (χ2v) is 5.06. The van der Waals surface area contributed by atoms with Crippen molar-refractivity contribution >= 4 is 11.9 Å². The fourth-order valence-electron chi connectivity index (χ4n) is 2.02. The largest absolute Gasteiger partial charge is 0.466 e. The van der Waals surface area contributed by atoms with Crippen LogP contribution in [0.15, 0.2) is 0 Å². The zero-order valence-corrected chi connectivity index (χ0v) is 10.9. The Morgan fingerprint density at radius 1 is 1.47 bits per heavy atom. The molecule has 1 saturated heterocycles. The lowest BCUT2D eigenvalue weighted by Gasteiger charge is -2.35. The fraction of sp³-hybridized carbons (Fsp3) is 0.833. The molecule has 0 aromatic carbocycles. The maximum Gasteiger partial charge on any atom is 0.310 e. The minimum Gasteiger partial charge on any atom is -0.466 e. The summed E-state index contributed by atoms with van der Waals surface area (Å²) in [4.78, 5) is 25.3. The molecule has 0 spiro atoms. The van der Waals surface area contributed by atoms with Crippen molar-refractivity contribution < 1.29 is 14.3 Å². The summed E-state index contributed by atoms with van der Waals surface area (Å²) in [6.07, 6.45) is 1.61. The molecule has 0 saturated carbocycles. The molecule has 17 heavy (non-hydrogen) atoms. The smallest absolute Gasteiger partial charge is 0.310 e. The number of hydrogen-bond acceptors (Lipinski definition) is 4. The van der Waals surface area contributed by atoms with Gasteiger partial charge in [-0.05, 0) is 33.6 Å². The minimum absolute atomic E-state index is 0.105. The van der Waals surface area contributed by atoms with Crippen LogP contribution in [0.2, 0.25) is 0 Å². The molecule has 0 radical (unpaired) electrons. The van der Waals surface area contributed by atoms with Gasteiger partial charge < -0.3 is 15.4 Å². The molecule has 1 atom stereocenters. The van der Waals surface area contributed by atoms with E-state index in [2.05, 4.69) is 0 Å². The normalized spacial score (nSPS) is 21.2. The highest BCUT2D eigenvalue weighted by molar-refractivity contribution is 5.86. The molecule has 98 valence electrons. The molecule has 0 aromatic heterocycles. The average molecular weight is 242 g/mol. The molecule has 0 aliphatic carbocycles.